The van der Waals surface area contributed by atoms with Gasteiger partial charge in [-0.1, -0.05) is 87.2 Å². The summed E-state index contributed by atoms with van der Waals surface area (Å²) < 4.78 is 0. The number of allylic oxidation sites excluding steroid dienone is 4. The smallest absolute Gasteiger partial charge is 0.0510 e. The fraction of sp³-hybridized carbons (Fsp3) is 0.100. The molecule has 3 heteroatoms. The van der Waals surface area contributed by atoms with E-state index < -0.39 is 0 Å². The first-order chi connectivity index (χ1) is 21.0. The van der Waals surface area contributed by atoms with Crippen molar-refractivity contribution in [2.75, 3.05) is 9.80 Å². The van der Waals surface area contributed by atoms with E-state index in [4.69, 9.17) is 0 Å². The molecular formula is C40H35N3. The van der Waals surface area contributed by atoms with Crippen LogP contribution in [0.2, 0.25) is 0 Å². The van der Waals surface area contributed by atoms with E-state index in [2.05, 4.69) is 176 Å². The number of hydrogen-bond donors (Lipinski definition) is 1. The lowest BCUT2D eigenvalue weighted by Crippen LogP contribution is -2.33. The van der Waals surface area contributed by atoms with Gasteiger partial charge in [0, 0.05) is 55.7 Å². The van der Waals surface area contributed by atoms with Crippen LogP contribution in [0.25, 0.3) is 21.8 Å². The Bertz CT molecular complexity index is 1970. The molecule has 7 rings (SSSR count). The molecule has 0 amide bonds. The molecule has 6 aromatic rings. The summed E-state index contributed by atoms with van der Waals surface area (Å²) in [5, 5.41) is 2.40. The van der Waals surface area contributed by atoms with Gasteiger partial charge in [0.1, 0.15) is 0 Å². The second-order valence-electron chi connectivity index (χ2n) is 11.6. The molecule has 0 saturated heterocycles. The number of para-hydroxylation sites is 3. The summed E-state index contributed by atoms with van der Waals surface area (Å²) in [6, 6.07) is 43.2. The molecule has 0 unspecified atom stereocenters. The van der Waals surface area contributed by atoms with Crippen molar-refractivity contribution < 1.29 is 0 Å². The summed E-state index contributed by atoms with van der Waals surface area (Å²) in [6.45, 7) is 11.0. The highest BCUT2D eigenvalue weighted by atomic mass is 15.2. The van der Waals surface area contributed by atoms with Crippen molar-refractivity contribution in [2.45, 2.75) is 26.2 Å². The number of aromatic amines is 1. The van der Waals surface area contributed by atoms with Gasteiger partial charge in [0.15, 0.2) is 0 Å². The monoisotopic (exact) mass is 557 g/mol. The fourth-order valence-corrected chi connectivity index (χ4v) is 6.58. The predicted octanol–water partition coefficient (Wildman–Crippen LogP) is 11.2. The van der Waals surface area contributed by atoms with Crippen molar-refractivity contribution in [3.63, 3.8) is 0 Å². The number of H-pyrrole nitrogens is 1. The molecule has 0 radical (unpaired) electrons. The van der Waals surface area contributed by atoms with E-state index in [9.17, 15) is 0 Å². The Labute approximate surface area is 253 Å². The topological polar surface area (TPSA) is 22.3 Å². The molecule has 1 aliphatic rings. The zero-order chi connectivity index (χ0) is 29.6. The van der Waals surface area contributed by atoms with Gasteiger partial charge in [-0.2, -0.15) is 0 Å². The van der Waals surface area contributed by atoms with E-state index in [1.165, 1.54) is 27.6 Å². The SMILES string of the molecule is C=CC1=C(/C=C\C)C(C)(C)c2cc3[nH]c4ccc(N(c5ccccc5)c5ccccc5)cc4c3cc2N1c1ccccc1. The first kappa shape index (κ1) is 26.6. The standard InChI is InChI=1S/C40H35N3/c1-5-16-34-38(6-2)43(30-21-14-9-15-22-30)39-26-33-32-25-31(23-24-36(32)41-37(33)27-35(39)40(34,3)4)42(28-17-10-7-11-18-28)29-19-12-8-13-20-29/h5-27,41H,2H2,1,3-4H3/b16-5-. The van der Waals surface area contributed by atoms with E-state index in [-0.39, 0.29) is 5.41 Å². The minimum Gasteiger partial charge on any atom is -0.354 e. The zero-order valence-electron chi connectivity index (χ0n) is 24.9. The van der Waals surface area contributed by atoms with Gasteiger partial charge < -0.3 is 14.8 Å². The predicted molar refractivity (Wildman–Crippen MR) is 184 cm³/mol. The number of nitrogens with zero attached hydrogens (tertiary/aromatic N) is 2. The second kappa shape index (κ2) is 10.5. The Balaban J connectivity index is 1.48. The summed E-state index contributed by atoms with van der Waals surface area (Å²) in [6.07, 6.45) is 6.37. The van der Waals surface area contributed by atoms with Crippen LogP contribution in [0.4, 0.5) is 28.4 Å². The molecule has 2 heterocycles. The summed E-state index contributed by atoms with van der Waals surface area (Å²) in [5.41, 5.74) is 11.4. The van der Waals surface area contributed by atoms with E-state index >= 15 is 0 Å². The summed E-state index contributed by atoms with van der Waals surface area (Å²) in [7, 11) is 0. The van der Waals surface area contributed by atoms with Crippen molar-refractivity contribution in [3.05, 3.63) is 163 Å². The van der Waals surface area contributed by atoms with Crippen molar-refractivity contribution in [2.24, 2.45) is 0 Å². The number of nitrogens with one attached hydrogen (secondary N) is 1. The average Bonchev–Trinajstić information content (AvgIpc) is 3.40. The summed E-state index contributed by atoms with van der Waals surface area (Å²) in [5.74, 6) is 0. The van der Waals surface area contributed by atoms with Crippen LogP contribution in [0, 0.1) is 0 Å². The summed E-state index contributed by atoms with van der Waals surface area (Å²) >= 11 is 0. The molecule has 0 atom stereocenters. The first-order valence-corrected chi connectivity index (χ1v) is 14.9. The fourth-order valence-electron chi connectivity index (χ4n) is 6.58. The van der Waals surface area contributed by atoms with E-state index in [1.54, 1.807) is 0 Å². The van der Waals surface area contributed by atoms with Crippen LogP contribution in [-0.4, -0.2) is 4.98 Å². The Kier molecular flexibility index (Phi) is 6.51. The number of anilines is 5. The van der Waals surface area contributed by atoms with Crippen molar-refractivity contribution in [1.29, 1.82) is 0 Å². The minimum absolute atomic E-state index is 0.218. The molecule has 1 N–H and O–H groups in total. The van der Waals surface area contributed by atoms with Gasteiger partial charge in [0.05, 0.1) is 5.69 Å². The number of benzene rings is 5. The van der Waals surface area contributed by atoms with Gasteiger partial charge in [-0.05, 0) is 90.9 Å². The van der Waals surface area contributed by atoms with E-state index in [0.29, 0.717) is 0 Å². The molecule has 0 saturated carbocycles. The molecule has 210 valence electrons. The lowest BCUT2D eigenvalue weighted by molar-refractivity contribution is 0.622. The lowest BCUT2D eigenvalue weighted by Gasteiger charge is -2.42. The molecule has 1 aromatic heterocycles. The van der Waals surface area contributed by atoms with Crippen LogP contribution in [-0.2, 0) is 5.41 Å². The maximum atomic E-state index is 4.28. The highest BCUT2D eigenvalue weighted by molar-refractivity contribution is 6.11. The number of rotatable bonds is 6. The normalized spacial score (nSPS) is 14.4. The van der Waals surface area contributed by atoms with Crippen LogP contribution in [0.3, 0.4) is 0 Å². The number of fused-ring (bicyclic) bond motifs is 4. The average molecular weight is 558 g/mol. The van der Waals surface area contributed by atoms with Gasteiger partial charge in [-0.15, -0.1) is 0 Å². The van der Waals surface area contributed by atoms with Crippen molar-refractivity contribution >= 4 is 50.2 Å². The van der Waals surface area contributed by atoms with Gasteiger partial charge in [-0.25, -0.2) is 0 Å². The molecule has 0 aliphatic carbocycles. The molecule has 43 heavy (non-hydrogen) atoms. The molecule has 0 bridgehead atoms. The minimum atomic E-state index is -0.218. The Hall–Kier alpha value is -5.28. The third-order valence-corrected chi connectivity index (χ3v) is 8.63. The molecule has 1 aliphatic heterocycles. The van der Waals surface area contributed by atoms with E-state index in [0.717, 1.165) is 39.5 Å². The van der Waals surface area contributed by atoms with Crippen LogP contribution >= 0.6 is 0 Å². The van der Waals surface area contributed by atoms with Gasteiger partial charge in [0.2, 0.25) is 0 Å². The molecular weight excluding hydrogens is 522 g/mol. The number of hydrogen-bond acceptors (Lipinski definition) is 2. The highest BCUT2D eigenvalue weighted by Gasteiger charge is 2.37. The van der Waals surface area contributed by atoms with Crippen molar-refractivity contribution in [1.82, 2.24) is 4.98 Å². The van der Waals surface area contributed by atoms with Gasteiger partial charge in [0.25, 0.3) is 0 Å². The van der Waals surface area contributed by atoms with Crippen LogP contribution < -0.4 is 9.80 Å². The molecule has 3 nitrogen and oxygen atoms in total. The Morgan fingerprint density at radius 1 is 0.698 bits per heavy atom. The quantitative estimate of drug-likeness (QED) is 0.220. The largest absolute Gasteiger partial charge is 0.354 e. The van der Waals surface area contributed by atoms with Gasteiger partial charge >= 0.3 is 0 Å². The van der Waals surface area contributed by atoms with Crippen LogP contribution in [0.1, 0.15) is 26.3 Å². The maximum Gasteiger partial charge on any atom is 0.0510 e. The second-order valence-corrected chi connectivity index (χ2v) is 11.6. The van der Waals surface area contributed by atoms with E-state index in [1.807, 2.05) is 6.08 Å². The molecule has 0 spiro atoms. The van der Waals surface area contributed by atoms with Crippen molar-refractivity contribution in [3.8, 4) is 0 Å². The Morgan fingerprint density at radius 2 is 1.30 bits per heavy atom. The molecule has 5 aromatic carbocycles. The number of aromatic nitrogens is 1. The summed E-state index contributed by atoms with van der Waals surface area (Å²) in [4.78, 5) is 8.43. The van der Waals surface area contributed by atoms with Gasteiger partial charge in [-0.3, -0.25) is 0 Å². The lowest BCUT2D eigenvalue weighted by atomic mass is 9.72. The Morgan fingerprint density at radius 3 is 1.91 bits per heavy atom. The first-order valence-electron chi connectivity index (χ1n) is 14.9. The third kappa shape index (κ3) is 4.36. The third-order valence-electron chi connectivity index (χ3n) is 8.63. The maximum absolute atomic E-state index is 4.28. The van der Waals surface area contributed by atoms with Crippen LogP contribution in [0.5, 0.6) is 0 Å². The van der Waals surface area contributed by atoms with Crippen LogP contribution in [0.15, 0.2) is 157 Å². The highest BCUT2D eigenvalue weighted by Crippen LogP contribution is 2.51. The zero-order valence-corrected chi connectivity index (χ0v) is 24.9. The molecule has 0 fully saturated rings.